The number of urea groups is 1. The number of nitrogens with one attached hydrogen (secondary N) is 1. The van der Waals surface area contributed by atoms with Crippen LogP contribution in [-0.2, 0) is 4.79 Å². The maximum atomic E-state index is 12.1. The second-order valence-corrected chi connectivity index (χ2v) is 6.87. The number of carbonyl (C=O) groups excluding carboxylic acids is 1. The highest BCUT2D eigenvalue weighted by molar-refractivity contribution is 5.75. The molecular weight excluding hydrogens is 256 g/mol. The molecule has 2 aliphatic rings. The van der Waals surface area contributed by atoms with Crippen LogP contribution in [-0.4, -0.2) is 41.6 Å². The molecule has 1 saturated carbocycles. The number of aliphatic carboxylic acids is 1. The molecule has 0 atom stereocenters. The lowest BCUT2D eigenvalue weighted by Crippen LogP contribution is -2.49. The highest BCUT2D eigenvalue weighted by Gasteiger charge is 2.34. The standard InChI is InChI=1S/C15H26N2O3/c1-15(2,12-4-3-5-12)10-16-14(20)17-8-6-11(7-9-17)13(18)19/h11-12H,3-10H2,1-2H3,(H,16,20)(H,18,19). The van der Waals surface area contributed by atoms with Gasteiger partial charge >= 0.3 is 12.0 Å². The number of carbonyl (C=O) groups is 2. The summed E-state index contributed by atoms with van der Waals surface area (Å²) in [7, 11) is 0. The van der Waals surface area contributed by atoms with Crippen LogP contribution in [0.5, 0.6) is 0 Å². The van der Waals surface area contributed by atoms with Crippen molar-refractivity contribution in [3.63, 3.8) is 0 Å². The summed E-state index contributed by atoms with van der Waals surface area (Å²) < 4.78 is 0. The molecule has 2 fully saturated rings. The third-order valence-electron chi connectivity index (χ3n) is 5.04. The summed E-state index contributed by atoms with van der Waals surface area (Å²) in [4.78, 5) is 24.7. The van der Waals surface area contributed by atoms with E-state index >= 15 is 0 Å². The van der Waals surface area contributed by atoms with E-state index in [9.17, 15) is 9.59 Å². The fraction of sp³-hybridized carbons (Fsp3) is 0.867. The summed E-state index contributed by atoms with van der Waals surface area (Å²) in [5.74, 6) is -0.304. The number of rotatable bonds is 4. The number of carboxylic acid groups (broad SMARTS) is 1. The van der Waals surface area contributed by atoms with Crippen LogP contribution in [0.25, 0.3) is 0 Å². The third kappa shape index (κ3) is 3.44. The second kappa shape index (κ2) is 6.02. The number of hydrogen-bond acceptors (Lipinski definition) is 2. The molecule has 114 valence electrons. The molecule has 2 amide bonds. The van der Waals surface area contributed by atoms with Crippen molar-refractivity contribution in [3.05, 3.63) is 0 Å². The Morgan fingerprint density at radius 2 is 1.80 bits per heavy atom. The molecule has 1 saturated heterocycles. The Labute approximate surface area is 120 Å². The Bertz CT molecular complexity index is 369. The first-order valence-electron chi connectivity index (χ1n) is 7.66. The first-order valence-corrected chi connectivity index (χ1v) is 7.66. The van der Waals surface area contributed by atoms with E-state index in [2.05, 4.69) is 19.2 Å². The largest absolute Gasteiger partial charge is 0.481 e. The first kappa shape index (κ1) is 15.1. The topological polar surface area (TPSA) is 69.6 Å². The predicted molar refractivity (Wildman–Crippen MR) is 76.5 cm³/mol. The third-order valence-corrected chi connectivity index (χ3v) is 5.04. The molecule has 1 aliphatic heterocycles. The molecule has 0 aromatic carbocycles. The van der Waals surface area contributed by atoms with Crippen LogP contribution in [0.2, 0.25) is 0 Å². The molecule has 1 heterocycles. The van der Waals surface area contributed by atoms with Crippen LogP contribution in [0.3, 0.4) is 0 Å². The number of carboxylic acids is 1. The average molecular weight is 282 g/mol. The molecule has 20 heavy (non-hydrogen) atoms. The Hall–Kier alpha value is -1.26. The van der Waals surface area contributed by atoms with Crippen molar-refractivity contribution in [2.75, 3.05) is 19.6 Å². The van der Waals surface area contributed by atoms with Crippen molar-refractivity contribution in [2.45, 2.75) is 46.0 Å². The lowest BCUT2D eigenvalue weighted by Gasteiger charge is -2.41. The van der Waals surface area contributed by atoms with Crippen LogP contribution in [0.15, 0.2) is 0 Å². The zero-order chi connectivity index (χ0) is 14.8. The van der Waals surface area contributed by atoms with Crippen molar-refractivity contribution in [1.82, 2.24) is 10.2 Å². The van der Waals surface area contributed by atoms with Gasteiger partial charge in [0, 0.05) is 19.6 Å². The summed E-state index contributed by atoms with van der Waals surface area (Å²) in [5.41, 5.74) is 0.160. The highest BCUT2D eigenvalue weighted by Crippen LogP contribution is 2.41. The molecule has 0 radical (unpaired) electrons. The number of amides is 2. The number of nitrogens with zero attached hydrogens (tertiary/aromatic N) is 1. The van der Waals surface area contributed by atoms with Gasteiger partial charge < -0.3 is 15.3 Å². The van der Waals surface area contributed by atoms with Gasteiger partial charge in [0.1, 0.15) is 0 Å². The quantitative estimate of drug-likeness (QED) is 0.831. The first-order chi connectivity index (χ1) is 9.40. The van der Waals surface area contributed by atoms with Crippen LogP contribution >= 0.6 is 0 Å². The summed E-state index contributed by atoms with van der Waals surface area (Å²) >= 11 is 0. The van der Waals surface area contributed by atoms with E-state index in [1.807, 2.05) is 0 Å². The van der Waals surface area contributed by atoms with E-state index in [4.69, 9.17) is 5.11 Å². The summed E-state index contributed by atoms with van der Waals surface area (Å²) in [6.45, 7) is 6.23. The zero-order valence-corrected chi connectivity index (χ0v) is 12.5. The van der Waals surface area contributed by atoms with Gasteiger partial charge in [-0.25, -0.2) is 4.79 Å². The highest BCUT2D eigenvalue weighted by atomic mass is 16.4. The SMILES string of the molecule is CC(C)(CNC(=O)N1CCC(C(=O)O)CC1)C1CCC1. The van der Waals surface area contributed by atoms with E-state index in [-0.39, 0.29) is 17.4 Å². The van der Waals surface area contributed by atoms with Gasteiger partial charge in [-0.05, 0) is 37.0 Å². The molecule has 1 aliphatic carbocycles. The molecule has 0 aromatic heterocycles. The normalized spacial score (nSPS) is 21.4. The van der Waals surface area contributed by atoms with Gasteiger partial charge in [0.25, 0.3) is 0 Å². The minimum atomic E-state index is -0.740. The van der Waals surface area contributed by atoms with Crippen molar-refractivity contribution < 1.29 is 14.7 Å². The number of hydrogen-bond donors (Lipinski definition) is 2. The second-order valence-electron chi connectivity index (χ2n) is 6.87. The molecule has 2 N–H and O–H groups in total. The fourth-order valence-electron chi connectivity index (χ4n) is 3.08. The fourth-order valence-corrected chi connectivity index (χ4v) is 3.08. The van der Waals surface area contributed by atoms with E-state index in [1.54, 1.807) is 4.90 Å². The zero-order valence-electron chi connectivity index (χ0n) is 12.5. The molecule has 0 unspecified atom stereocenters. The monoisotopic (exact) mass is 282 g/mol. The van der Waals surface area contributed by atoms with Gasteiger partial charge in [-0.3, -0.25) is 4.79 Å². The van der Waals surface area contributed by atoms with Gasteiger partial charge in [-0.1, -0.05) is 20.3 Å². The van der Waals surface area contributed by atoms with E-state index in [0.29, 0.717) is 32.5 Å². The molecule has 0 aromatic rings. The van der Waals surface area contributed by atoms with Crippen molar-refractivity contribution in [2.24, 2.45) is 17.3 Å². The summed E-state index contributed by atoms with van der Waals surface area (Å²) in [5, 5.41) is 12.0. The molecule has 2 rings (SSSR count). The van der Waals surface area contributed by atoms with E-state index in [0.717, 1.165) is 5.92 Å². The number of piperidine rings is 1. The smallest absolute Gasteiger partial charge is 0.317 e. The average Bonchev–Trinajstić information content (AvgIpc) is 2.33. The summed E-state index contributed by atoms with van der Waals surface area (Å²) in [6, 6.07) is -0.0405. The molecule has 5 nitrogen and oxygen atoms in total. The van der Waals surface area contributed by atoms with Gasteiger partial charge in [-0.15, -0.1) is 0 Å². The van der Waals surface area contributed by atoms with Crippen LogP contribution < -0.4 is 5.32 Å². The number of likely N-dealkylation sites (tertiary alicyclic amines) is 1. The lowest BCUT2D eigenvalue weighted by molar-refractivity contribution is -0.143. The maximum absolute atomic E-state index is 12.1. The Kier molecular flexibility index (Phi) is 4.55. The van der Waals surface area contributed by atoms with E-state index < -0.39 is 5.97 Å². The molecule has 5 heteroatoms. The minimum absolute atomic E-state index is 0.0405. The van der Waals surface area contributed by atoms with Crippen molar-refractivity contribution in [3.8, 4) is 0 Å². The molecular formula is C15H26N2O3. The van der Waals surface area contributed by atoms with Crippen molar-refractivity contribution in [1.29, 1.82) is 0 Å². The van der Waals surface area contributed by atoms with Crippen molar-refractivity contribution >= 4 is 12.0 Å². The maximum Gasteiger partial charge on any atom is 0.317 e. The van der Waals surface area contributed by atoms with E-state index in [1.165, 1.54) is 19.3 Å². The molecule has 0 spiro atoms. The summed E-state index contributed by atoms with van der Waals surface area (Å²) in [6.07, 6.45) is 4.98. The predicted octanol–water partition coefficient (Wildman–Crippen LogP) is 2.32. The lowest BCUT2D eigenvalue weighted by atomic mass is 9.67. The Balaban J connectivity index is 1.74. The minimum Gasteiger partial charge on any atom is -0.481 e. The van der Waals surface area contributed by atoms with Gasteiger partial charge in [0.15, 0.2) is 0 Å². The molecule has 0 bridgehead atoms. The Morgan fingerprint density at radius 1 is 1.20 bits per heavy atom. The van der Waals surface area contributed by atoms with Crippen LogP contribution in [0, 0.1) is 17.3 Å². The van der Waals surface area contributed by atoms with Gasteiger partial charge in [-0.2, -0.15) is 0 Å². The Morgan fingerprint density at radius 3 is 2.25 bits per heavy atom. The van der Waals surface area contributed by atoms with Crippen LogP contribution in [0.4, 0.5) is 4.79 Å². The van der Waals surface area contributed by atoms with Crippen LogP contribution in [0.1, 0.15) is 46.0 Å². The van der Waals surface area contributed by atoms with Gasteiger partial charge in [0.2, 0.25) is 0 Å². The van der Waals surface area contributed by atoms with Gasteiger partial charge in [0.05, 0.1) is 5.92 Å².